The van der Waals surface area contributed by atoms with E-state index in [1.807, 2.05) is 0 Å². The topological polar surface area (TPSA) is 104 Å². The number of benzene rings is 1. The molecule has 3 atom stereocenters. The molecular weight excluding hydrogens is 330 g/mol. The Labute approximate surface area is 142 Å². The van der Waals surface area contributed by atoms with Crippen LogP contribution in [0.1, 0.15) is 32.3 Å². The summed E-state index contributed by atoms with van der Waals surface area (Å²) in [4.78, 5) is 12.3. The lowest BCUT2D eigenvalue weighted by atomic mass is 10.1. The fourth-order valence-corrected chi connectivity index (χ4v) is 4.01. The van der Waals surface area contributed by atoms with Crippen LogP contribution in [0.3, 0.4) is 0 Å². The Bertz CT molecular complexity index is 669. The lowest BCUT2D eigenvalue weighted by Gasteiger charge is -2.13. The molecule has 1 aromatic carbocycles. The molecule has 0 bridgehead atoms. The van der Waals surface area contributed by atoms with E-state index >= 15 is 0 Å². The molecule has 7 heteroatoms. The first-order chi connectivity index (χ1) is 11.2. The van der Waals surface area contributed by atoms with Crippen molar-refractivity contribution in [1.29, 1.82) is 0 Å². The fraction of sp³-hybridized carbons (Fsp3) is 0.588. The Morgan fingerprint density at radius 3 is 2.38 bits per heavy atom. The number of rotatable bonds is 6. The molecule has 0 radical (unpaired) electrons. The molecule has 2 rings (SSSR count). The molecule has 1 saturated carbocycles. The van der Waals surface area contributed by atoms with Crippen molar-refractivity contribution in [2.75, 3.05) is 6.61 Å². The summed E-state index contributed by atoms with van der Waals surface area (Å²) in [5.41, 5.74) is 0.729. The Hall–Kier alpha value is -1.44. The van der Waals surface area contributed by atoms with E-state index in [9.17, 15) is 18.3 Å². The van der Waals surface area contributed by atoms with Gasteiger partial charge in [0.25, 0.3) is 0 Å². The molecule has 1 aliphatic rings. The summed E-state index contributed by atoms with van der Waals surface area (Å²) in [7, 11) is -3.31. The Balaban J connectivity index is 1.93. The largest absolute Gasteiger partial charge is 0.396 e. The highest BCUT2D eigenvalue weighted by molar-refractivity contribution is 7.92. The lowest BCUT2D eigenvalue weighted by Crippen LogP contribution is -2.34. The van der Waals surface area contributed by atoms with Gasteiger partial charge in [0.2, 0.25) is 5.91 Å². The predicted molar refractivity (Wildman–Crippen MR) is 90.2 cm³/mol. The predicted octanol–water partition coefficient (Wildman–Crippen LogP) is 0.659. The van der Waals surface area contributed by atoms with Gasteiger partial charge in [-0.05, 0) is 44.4 Å². The van der Waals surface area contributed by atoms with Crippen LogP contribution in [-0.2, 0) is 21.1 Å². The summed E-state index contributed by atoms with van der Waals surface area (Å²) in [6.45, 7) is 3.18. The summed E-state index contributed by atoms with van der Waals surface area (Å²) < 4.78 is 24.1. The average molecular weight is 355 g/mol. The first-order valence-electron chi connectivity index (χ1n) is 8.15. The monoisotopic (exact) mass is 355 g/mol. The number of sulfone groups is 1. The van der Waals surface area contributed by atoms with Gasteiger partial charge in [0.15, 0.2) is 9.84 Å². The smallest absolute Gasteiger partial charge is 0.224 e. The van der Waals surface area contributed by atoms with Crippen LogP contribution in [0.2, 0.25) is 0 Å². The molecule has 1 aromatic rings. The summed E-state index contributed by atoms with van der Waals surface area (Å²) in [6.07, 6.45) is 0.580. The average Bonchev–Trinajstić information content (AvgIpc) is 2.87. The van der Waals surface area contributed by atoms with E-state index < -0.39 is 21.2 Å². The van der Waals surface area contributed by atoms with Gasteiger partial charge < -0.3 is 15.5 Å². The summed E-state index contributed by atoms with van der Waals surface area (Å²) in [5, 5.41) is 21.2. The van der Waals surface area contributed by atoms with Crippen LogP contribution < -0.4 is 5.32 Å². The van der Waals surface area contributed by atoms with E-state index in [2.05, 4.69) is 5.32 Å². The molecule has 1 fully saturated rings. The number of aliphatic hydroxyl groups excluding tert-OH is 2. The maximum atomic E-state index is 12.1. The normalized spacial score (nSPS) is 24.3. The van der Waals surface area contributed by atoms with Gasteiger partial charge in [-0.1, -0.05) is 12.1 Å². The summed E-state index contributed by atoms with van der Waals surface area (Å²) in [6, 6.07) is 6.22. The van der Waals surface area contributed by atoms with Gasteiger partial charge in [-0.2, -0.15) is 0 Å². The highest BCUT2D eigenvalue weighted by atomic mass is 32.2. The minimum atomic E-state index is -3.31. The first kappa shape index (κ1) is 18.9. The van der Waals surface area contributed by atoms with Crippen molar-refractivity contribution in [2.45, 2.75) is 55.4 Å². The zero-order chi connectivity index (χ0) is 17.9. The summed E-state index contributed by atoms with van der Waals surface area (Å²) >= 11 is 0. The quantitative estimate of drug-likeness (QED) is 0.695. The Morgan fingerprint density at radius 2 is 1.88 bits per heavy atom. The van der Waals surface area contributed by atoms with E-state index in [4.69, 9.17) is 5.11 Å². The van der Waals surface area contributed by atoms with Gasteiger partial charge in [0, 0.05) is 18.6 Å². The van der Waals surface area contributed by atoms with Crippen molar-refractivity contribution in [2.24, 2.45) is 5.92 Å². The molecular formula is C17H25NO5S. The van der Waals surface area contributed by atoms with Crippen molar-refractivity contribution in [3.05, 3.63) is 29.8 Å². The number of carbonyl (C=O) groups is 1. The number of aliphatic hydroxyl groups is 2. The SMILES string of the molecule is CC(C)S(=O)(=O)c1ccc(CC(=O)NC2CC(O)C(CO)C2)cc1. The molecule has 0 saturated heterocycles. The van der Waals surface area contributed by atoms with Crippen LogP contribution in [0.15, 0.2) is 29.2 Å². The molecule has 3 N–H and O–H groups in total. The summed E-state index contributed by atoms with van der Waals surface area (Å²) in [5.74, 6) is -0.360. The maximum Gasteiger partial charge on any atom is 0.224 e. The molecule has 3 unspecified atom stereocenters. The Kier molecular flexibility index (Phi) is 6.01. The lowest BCUT2D eigenvalue weighted by molar-refractivity contribution is -0.121. The second-order valence-electron chi connectivity index (χ2n) is 6.66. The highest BCUT2D eigenvalue weighted by Gasteiger charge is 2.33. The standard InChI is InChI=1S/C17H25NO5S/c1-11(2)24(22,23)15-5-3-12(4-6-15)7-17(21)18-14-8-13(10-19)16(20)9-14/h3-6,11,13-14,16,19-20H,7-10H2,1-2H3,(H,18,21). The zero-order valence-electron chi connectivity index (χ0n) is 14.0. The molecule has 0 aliphatic heterocycles. The van der Waals surface area contributed by atoms with Crippen molar-refractivity contribution in [3.8, 4) is 0 Å². The molecule has 6 nitrogen and oxygen atoms in total. The van der Waals surface area contributed by atoms with E-state index in [0.717, 1.165) is 5.56 Å². The van der Waals surface area contributed by atoms with Crippen molar-refractivity contribution >= 4 is 15.7 Å². The van der Waals surface area contributed by atoms with Crippen molar-refractivity contribution in [3.63, 3.8) is 0 Å². The van der Waals surface area contributed by atoms with Gasteiger partial charge in [-0.15, -0.1) is 0 Å². The maximum absolute atomic E-state index is 12.1. The van der Waals surface area contributed by atoms with Gasteiger partial charge >= 0.3 is 0 Å². The zero-order valence-corrected chi connectivity index (χ0v) is 14.8. The first-order valence-corrected chi connectivity index (χ1v) is 9.69. The van der Waals surface area contributed by atoms with E-state index in [1.165, 1.54) is 12.1 Å². The minimum Gasteiger partial charge on any atom is -0.396 e. The van der Waals surface area contributed by atoms with Crippen molar-refractivity contribution < 1.29 is 23.4 Å². The van der Waals surface area contributed by atoms with E-state index in [-0.39, 0.29) is 35.8 Å². The fourth-order valence-electron chi connectivity index (χ4n) is 2.95. The van der Waals surface area contributed by atoms with Gasteiger partial charge in [-0.3, -0.25) is 4.79 Å². The van der Waals surface area contributed by atoms with Crippen LogP contribution in [0.25, 0.3) is 0 Å². The van der Waals surface area contributed by atoms with E-state index in [1.54, 1.807) is 26.0 Å². The van der Waals surface area contributed by atoms with Crippen molar-refractivity contribution in [1.82, 2.24) is 5.32 Å². The van der Waals surface area contributed by atoms with Gasteiger partial charge in [-0.25, -0.2) is 8.42 Å². The van der Waals surface area contributed by atoms with Gasteiger partial charge in [0.05, 0.1) is 22.7 Å². The molecule has 24 heavy (non-hydrogen) atoms. The molecule has 0 heterocycles. The van der Waals surface area contributed by atoms with Crippen LogP contribution in [-0.4, -0.2) is 48.5 Å². The molecule has 134 valence electrons. The van der Waals surface area contributed by atoms with Crippen LogP contribution in [0, 0.1) is 5.92 Å². The number of nitrogens with one attached hydrogen (secondary N) is 1. The Morgan fingerprint density at radius 1 is 1.25 bits per heavy atom. The van der Waals surface area contributed by atoms with Crippen LogP contribution >= 0.6 is 0 Å². The molecule has 0 spiro atoms. The minimum absolute atomic E-state index is 0.0840. The molecule has 1 aliphatic carbocycles. The third kappa shape index (κ3) is 4.34. The van der Waals surface area contributed by atoms with Gasteiger partial charge in [0.1, 0.15) is 0 Å². The number of hydrogen-bond acceptors (Lipinski definition) is 5. The van der Waals surface area contributed by atoms with Crippen LogP contribution in [0.5, 0.6) is 0 Å². The van der Waals surface area contributed by atoms with Crippen LogP contribution in [0.4, 0.5) is 0 Å². The third-order valence-corrected chi connectivity index (χ3v) is 6.66. The second-order valence-corrected chi connectivity index (χ2v) is 9.16. The number of amides is 1. The van der Waals surface area contributed by atoms with E-state index in [0.29, 0.717) is 12.8 Å². The number of hydrogen-bond donors (Lipinski definition) is 3. The molecule has 0 aromatic heterocycles. The third-order valence-electron chi connectivity index (χ3n) is 4.49. The number of carbonyl (C=O) groups excluding carboxylic acids is 1. The molecule has 1 amide bonds. The highest BCUT2D eigenvalue weighted by Crippen LogP contribution is 2.25. The second kappa shape index (κ2) is 7.63.